The zero-order valence-corrected chi connectivity index (χ0v) is 16.4. The van der Waals surface area contributed by atoms with Crippen LogP contribution in [0.4, 0.5) is 0 Å². The highest BCUT2D eigenvalue weighted by atomic mass is 79.9. The van der Waals surface area contributed by atoms with Crippen molar-refractivity contribution >= 4 is 44.6 Å². The van der Waals surface area contributed by atoms with Crippen molar-refractivity contribution in [3.63, 3.8) is 0 Å². The van der Waals surface area contributed by atoms with Crippen LogP contribution < -0.4 is 5.32 Å². The second kappa shape index (κ2) is 7.19. The molecule has 0 bridgehead atoms. The third-order valence-corrected chi connectivity index (χ3v) is 6.21. The van der Waals surface area contributed by atoms with Crippen molar-refractivity contribution in [3.05, 3.63) is 81.0 Å². The van der Waals surface area contributed by atoms with Crippen molar-refractivity contribution in [2.45, 2.75) is 18.6 Å². The van der Waals surface area contributed by atoms with Gasteiger partial charge in [-0.2, -0.15) is 0 Å². The van der Waals surface area contributed by atoms with Crippen molar-refractivity contribution < 1.29 is 0 Å². The van der Waals surface area contributed by atoms with E-state index in [1.54, 1.807) is 17.5 Å². The average molecular weight is 431 g/mol. The maximum Gasteiger partial charge on any atom is 0.170 e. The summed E-state index contributed by atoms with van der Waals surface area (Å²) in [5.41, 5.74) is 2.13. The fourth-order valence-corrected chi connectivity index (χ4v) is 4.94. The van der Waals surface area contributed by atoms with Gasteiger partial charge in [-0.3, -0.25) is 9.97 Å². The summed E-state index contributed by atoms with van der Waals surface area (Å²) >= 11 is 11.0. The summed E-state index contributed by atoms with van der Waals surface area (Å²) < 4.78 is 1.11. The zero-order chi connectivity index (χ0) is 17.2. The van der Waals surface area contributed by atoms with Gasteiger partial charge in [0.2, 0.25) is 0 Å². The molecule has 0 saturated carbocycles. The fraction of sp³-hybridized carbons (Fsp3) is 0.167. The summed E-state index contributed by atoms with van der Waals surface area (Å²) in [4.78, 5) is 12.2. The molecule has 4 rings (SSSR count). The summed E-state index contributed by atoms with van der Waals surface area (Å²) in [6.45, 7) is 0.712. The summed E-state index contributed by atoms with van der Waals surface area (Å²) in [7, 11) is 0. The number of halogens is 1. The first-order chi connectivity index (χ1) is 12.2. The predicted molar refractivity (Wildman–Crippen MR) is 107 cm³/mol. The van der Waals surface area contributed by atoms with Crippen LogP contribution in [0.2, 0.25) is 0 Å². The van der Waals surface area contributed by atoms with E-state index >= 15 is 0 Å². The molecule has 0 aromatic carbocycles. The van der Waals surface area contributed by atoms with Crippen LogP contribution in [0.15, 0.2) is 64.8 Å². The maximum absolute atomic E-state index is 5.66. The van der Waals surface area contributed by atoms with Crippen molar-refractivity contribution in [1.29, 1.82) is 0 Å². The Morgan fingerprint density at radius 2 is 2.08 bits per heavy atom. The number of thiophene rings is 1. The largest absolute Gasteiger partial charge is 0.352 e. The van der Waals surface area contributed by atoms with E-state index in [9.17, 15) is 0 Å². The SMILES string of the molecule is S=C1N[C@@H](c2ccccn2)[C@@H](c2ccc(Br)s2)N1Cc1cccnc1. The number of hydrogen-bond acceptors (Lipinski definition) is 4. The van der Waals surface area contributed by atoms with Crippen LogP contribution in [0.1, 0.15) is 28.2 Å². The van der Waals surface area contributed by atoms with Gasteiger partial charge in [0.15, 0.2) is 5.11 Å². The smallest absolute Gasteiger partial charge is 0.170 e. The minimum Gasteiger partial charge on any atom is -0.352 e. The molecule has 25 heavy (non-hydrogen) atoms. The van der Waals surface area contributed by atoms with E-state index in [2.05, 4.69) is 54.3 Å². The Labute approximate surface area is 164 Å². The standard InChI is InChI=1S/C18H15BrN4S2/c19-15-7-6-14(25-15)17-16(13-5-1-2-9-21-13)22-18(24)23(17)11-12-4-3-8-20-10-12/h1-10,16-17H,11H2,(H,22,24)/t16-,17+/m0/s1. The van der Waals surface area contributed by atoms with Crippen LogP contribution in [0.5, 0.6) is 0 Å². The second-order valence-electron chi connectivity index (χ2n) is 5.76. The monoisotopic (exact) mass is 430 g/mol. The molecule has 1 aliphatic rings. The Bertz CT molecular complexity index is 869. The van der Waals surface area contributed by atoms with E-state index in [1.165, 1.54) is 4.88 Å². The number of rotatable bonds is 4. The van der Waals surface area contributed by atoms with Crippen molar-refractivity contribution in [2.24, 2.45) is 0 Å². The zero-order valence-electron chi connectivity index (χ0n) is 13.2. The predicted octanol–water partition coefficient (Wildman–Crippen LogP) is 4.47. The Hall–Kier alpha value is -1.83. The molecule has 7 heteroatoms. The van der Waals surface area contributed by atoms with E-state index in [0.717, 1.165) is 20.2 Å². The molecule has 0 spiro atoms. The minimum atomic E-state index is 0.0240. The van der Waals surface area contributed by atoms with E-state index in [-0.39, 0.29) is 12.1 Å². The summed E-state index contributed by atoms with van der Waals surface area (Å²) in [6.07, 6.45) is 5.50. The first-order valence-electron chi connectivity index (χ1n) is 7.84. The number of nitrogens with one attached hydrogen (secondary N) is 1. The van der Waals surface area contributed by atoms with Gasteiger partial charge in [-0.25, -0.2) is 0 Å². The van der Waals surface area contributed by atoms with Gasteiger partial charge in [-0.15, -0.1) is 11.3 Å². The molecule has 1 N–H and O–H groups in total. The molecular weight excluding hydrogens is 416 g/mol. The van der Waals surface area contributed by atoms with Gasteiger partial charge in [0.25, 0.3) is 0 Å². The van der Waals surface area contributed by atoms with Crippen LogP contribution in [-0.4, -0.2) is 20.0 Å². The van der Waals surface area contributed by atoms with E-state index in [4.69, 9.17) is 12.2 Å². The first kappa shape index (κ1) is 16.6. The van der Waals surface area contributed by atoms with Gasteiger partial charge < -0.3 is 10.2 Å². The van der Waals surface area contributed by atoms with Crippen molar-refractivity contribution in [2.75, 3.05) is 0 Å². The van der Waals surface area contributed by atoms with Crippen molar-refractivity contribution in [3.8, 4) is 0 Å². The molecule has 4 heterocycles. The lowest BCUT2D eigenvalue weighted by Crippen LogP contribution is -2.28. The lowest BCUT2D eigenvalue weighted by molar-refractivity contribution is 0.315. The highest BCUT2D eigenvalue weighted by Crippen LogP contribution is 2.42. The minimum absolute atomic E-state index is 0.0240. The third kappa shape index (κ3) is 3.44. The van der Waals surface area contributed by atoms with Crippen LogP contribution in [0.25, 0.3) is 0 Å². The molecule has 1 fully saturated rings. The number of nitrogens with zero attached hydrogens (tertiary/aromatic N) is 3. The number of aromatic nitrogens is 2. The van der Waals surface area contributed by atoms with Gasteiger partial charge in [-0.05, 0) is 64.0 Å². The van der Waals surface area contributed by atoms with Gasteiger partial charge in [0.1, 0.15) is 0 Å². The Balaban J connectivity index is 1.72. The molecule has 0 unspecified atom stereocenters. The van der Waals surface area contributed by atoms with E-state index in [0.29, 0.717) is 6.54 Å². The lowest BCUT2D eigenvalue weighted by Gasteiger charge is -2.26. The van der Waals surface area contributed by atoms with Crippen molar-refractivity contribution in [1.82, 2.24) is 20.2 Å². The summed E-state index contributed by atoms with van der Waals surface area (Å²) in [5, 5.41) is 4.21. The molecule has 1 saturated heterocycles. The second-order valence-corrected chi connectivity index (χ2v) is 8.64. The quantitative estimate of drug-likeness (QED) is 0.618. The number of thiocarbonyl (C=S) groups is 1. The Kier molecular flexibility index (Phi) is 4.78. The fourth-order valence-electron chi connectivity index (χ4n) is 3.06. The van der Waals surface area contributed by atoms with Gasteiger partial charge in [-0.1, -0.05) is 12.1 Å². The molecule has 1 aliphatic heterocycles. The summed E-state index contributed by atoms with van der Waals surface area (Å²) in [6, 6.07) is 14.4. The van der Waals surface area contributed by atoms with E-state index in [1.807, 2.05) is 36.7 Å². The normalized spacial score (nSPS) is 19.9. The highest BCUT2D eigenvalue weighted by molar-refractivity contribution is 9.11. The summed E-state index contributed by atoms with van der Waals surface area (Å²) in [5.74, 6) is 0. The van der Waals surface area contributed by atoms with Crippen LogP contribution in [0, 0.1) is 0 Å². The van der Waals surface area contributed by atoms with Gasteiger partial charge in [0.05, 0.1) is 21.6 Å². The molecule has 126 valence electrons. The molecule has 3 aromatic rings. The molecule has 0 amide bonds. The average Bonchev–Trinajstić information content (AvgIpc) is 3.20. The third-order valence-electron chi connectivity index (χ3n) is 4.16. The first-order valence-corrected chi connectivity index (χ1v) is 9.86. The molecule has 3 aromatic heterocycles. The van der Waals surface area contributed by atoms with Crippen LogP contribution in [-0.2, 0) is 6.54 Å². The molecule has 4 nitrogen and oxygen atoms in total. The van der Waals surface area contributed by atoms with Gasteiger partial charge >= 0.3 is 0 Å². The number of pyridine rings is 2. The van der Waals surface area contributed by atoms with Crippen LogP contribution >= 0.6 is 39.5 Å². The molecule has 2 atom stereocenters. The van der Waals surface area contributed by atoms with E-state index < -0.39 is 0 Å². The number of hydrogen-bond donors (Lipinski definition) is 1. The Morgan fingerprint density at radius 3 is 2.76 bits per heavy atom. The maximum atomic E-state index is 5.66. The highest BCUT2D eigenvalue weighted by Gasteiger charge is 2.40. The van der Waals surface area contributed by atoms with Crippen LogP contribution in [0.3, 0.4) is 0 Å². The van der Waals surface area contributed by atoms with Gasteiger partial charge in [0, 0.05) is 30.0 Å². The Morgan fingerprint density at radius 1 is 1.16 bits per heavy atom. The molecular formula is C18H15BrN4S2. The lowest BCUT2D eigenvalue weighted by atomic mass is 10.0. The molecule has 0 aliphatic carbocycles. The molecule has 0 radical (unpaired) electrons. The topological polar surface area (TPSA) is 41.1 Å².